The number of halogens is 2. The van der Waals surface area contributed by atoms with Gasteiger partial charge in [0.15, 0.2) is 11.5 Å². The van der Waals surface area contributed by atoms with Gasteiger partial charge in [0.2, 0.25) is 0 Å². The topological polar surface area (TPSA) is 62.1 Å². The highest BCUT2D eigenvalue weighted by atomic mass is 35.5. The van der Waals surface area contributed by atoms with Crippen molar-refractivity contribution in [2.45, 2.75) is 0 Å². The first-order valence-corrected chi connectivity index (χ1v) is 8.33. The minimum atomic E-state index is 0.478. The van der Waals surface area contributed by atoms with Gasteiger partial charge in [0.25, 0.3) is 0 Å². The summed E-state index contributed by atoms with van der Waals surface area (Å²) in [5, 5.41) is 12.7. The summed E-state index contributed by atoms with van der Waals surface area (Å²) in [6.07, 6.45) is 0. The van der Waals surface area contributed by atoms with E-state index in [1.54, 1.807) is 20.3 Å². The maximum absolute atomic E-state index is 6.27. The van der Waals surface area contributed by atoms with Gasteiger partial charge in [-0.2, -0.15) is 0 Å². The van der Waals surface area contributed by atoms with E-state index in [4.69, 9.17) is 32.7 Å². The first kappa shape index (κ1) is 16.0. The molecule has 0 saturated carbocycles. The van der Waals surface area contributed by atoms with Crippen LogP contribution in [-0.2, 0) is 0 Å². The predicted molar refractivity (Wildman–Crippen MR) is 102 cm³/mol. The Morgan fingerprint density at radius 3 is 2.48 bits per heavy atom. The number of aromatic amines is 2. The molecule has 2 aromatic carbocycles. The van der Waals surface area contributed by atoms with E-state index in [2.05, 4.69) is 21.6 Å². The number of hydrogen-bond donors (Lipinski definition) is 3. The lowest BCUT2D eigenvalue weighted by Gasteiger charge is -2.07. The zero-order valence-electron chi connectivity index (χ0n) is 13.5. The Bertz CT molecular complexity index is 1040. The third kappa shape index (κ3) is 2.56. The van der Waals surface area contributed by atoms with E-state index in [1.165, 1.54) is 0 Å². The maximum atomic E-state index is 6.27. The number of methoxy groups -OCH3 is 2. The van der Waals surface area contributed by atoms with Crippen molar-refractivity contribution in [1.29, 1.82) is 0 Å². The molecule has 0 saturated heterocycles. The third-order valence-electron chi connectivity index (χ3n) is 4.19. The van der Waals surface area contributed by atoms with Crippen LogP contribution in [0.5, 0.6) is 11.5 Å². The molecule has 0 spiro atoms. The van der Waals surface area contributed by atoms with Crippen LogP contribution in [0.3, 0.4) is 0 Å². The highest BCUT2D eigenvalue weighted by Gasteiger charge is 2.20. The lowest BCUT2D eigenvalue weighted by Crippen LogP contribution is -1.92. The molecule has 4 rings (SSSR count). The smallest absolute Gasteiger partial charge is 0.161 e. The monoisotopic (exact) mass is 375 g/mol. The number of ether oxygens (including phenoxy) is 2. The van der Waals surface area contributed by atoms with E-state index in [-0.39, 0.29) is 0 Å². The van der Waals surface area contributed by atoms with Crippen LogP contribution in [0, 0.1) is 0 Å². The average Bonchev–Trinajstić information content (AvgIpc) is 3.17. The van der Waals surface area contributed by atoms with Crippen LogP contribution in [-0.4, -0.2) is 24.4 Å². The number of aromatic nitrogens is 2. The average molecular weight is 376 g/mol. The molecule has 5 nitrogen and oxygen atoms in total. The van der Waals surface area contributed by atoms with Gasteiger partial charge in [-0.3, -0.25) is 10.2 Å². The molecule has 128 valence electrons. The van der Waals surface area contributed by atoms with Gasteiger partial charge in [0, 0.05) is 10.9 Å². The van der Waals surface area contributed by atoms with Crippen molar-refractivity contribution in [3.05, 3.63) is 46.4 Å². The van der Waals surface area contributed by atoms with Crippen molar-refractivity contribution in [3.63, 3.8) is 0 Å². The maximum Gasteiger partial charge on any atom is 0.161 e. The van der Waals surface area contributed by atoms with Crippen LogP contribution < -0.4 is 14.8 Å². The fraction of sp³-hybridized carbons (Fsp3) is 0.111. The largest absolute Gasteiger partial charge is 0.493 e. The standard InChI is InChI=1S/C18H15Cl2N3O2/c1-24-14-7-9-6-11-17(10(9)8-15(14)25-2)22-23-18(11)21-13-5-3-4-12(19)16(13)20/h3-8,21-23H,1-2H3. The van der Waals surface area contributed by atoms with Crippen molar-refractivity contribution in [2.75, 3.05) is 19.5 Å². The van der Waals surface area contributed by atoms with Crippen molar-refractivity contribution in [2.24, 2.45) is 0 Å². The van der Waals surface area contributed by atoms with Crippen LogP contribution in [0.25, 0.3) is 22.0 Å². The molecule has 0 unspecified atom stereocenters. The minimum Gasteiger partial charge on any atom is -0.493 e. The predicted octanol–water partition coefficient (Wildman–Crippen LogP) is 5.67. The number of hydrogen-bond acceptors (Lipinski definition) is 3. The Morgan fingerprint density at radius 2 is 1.72 bits per heavy atom. The second kappa shape index (κ2) is 6.10. The summed E-state index contributed by atoms with van der Waals surface area (Å²) in [5.74, 6) is 2.18. The van der Waals surface area contributed by atoms with Gasteiger partial charge in [-0.25, -0.2) is 0 Å². The van der Waals surface area contributed by atoms with Crippen molar-refractivity contribution < 1.29 is 9.47 Å². The third-order valence-corrected chi connectivity index (χ3v) is 5.01. The first-order valence-electron chi connectivity index (χ1n) is 7.58. The molecular weight excluding hydrogens is 361 g/mol. The van der Waals surface area contributed by atoms with Gasteiger partial charge < -0.3 is 14.8 Å². The fourth-order valence-corrected chi connectivity index (χ4v) is 3.31. The summed E-state index contributed by atoms with van der Waals surface area (Å²) in [6, 6.07) is 11.4. The highest BCUT2D eigenvalue weighted by molar-refractivity contribution is 6.43. The molecule has 0 aromatic heterocycles. The van der Waals surface area contributed by atoms with Crippen LogP contribution in [0.1, 0.15) is 0 Å². The Hall–Kier alpha value is -2.50. The Kier molecular flexibility index (Phi) is 3.90. The van der Waals surface area contributed by atoms with Gasteiger partial charge in [0.1, 0.15) is 5.82 Å². The molecular formula is C18H15Cl2N3O2. The lowest BCUT2D eigenvalue weighted by atomic mass is 10.2. The van der Waals surface area contributed by atoms with Crippen LogP contribution in [0.4, 0.5) is 11.5 Å². The van der Waals surface area contributed by atoms with E-state index in [0.29, 0.717) is 21.5 Å². The first-order chi connectivity index (χ1) is 12.1. The second-order valence-corrected chi connectivity index (χ2v) is 6.36. The summed E-state index contributed by atoms with van der Waals surface area (Å²) in [5.41, 5.74) is 2.70. The summed E-state index contributed by atoms with van der Waals surface area (Å²) >= 11 is 12.4. The molecule has 2 aliphatic rings. The summed E-state index contributed by atoms with van der Waals surface area (Å²) in [6.45, 7) is 0. The van der Waals surface area contributed by atoms with E-state index in [1.807, 2.05) is 24.3 Å². The van der Waals surface area contributed by atoms with E-state index in [9.17, 15) is 0 Å². The van der Waals surface area contributed by atoms with Gasteiger partial charge >= 0.3 is 0 Å². The number of H-pyrrole nitrogens is 2. The van der Waals surface area contributed by atoms with Crippen molar-refractivity contribution in [3.8, 4) is 22.8 Å². The van der Waals surface area contributed by atoms with Gasteiger partial charge in [-0.15, -0.1) is 0 Å². The molecule has 25 heavy (non-hydrogen) atoms. The number of rotatable bonds is 4. The van der Waals surface area contributed by atoms with Crippen molar-refractivity contribution in [1.82, 2.24) is 10.2 Å². The van der Waals surface area contributed by atoms with Crippen LogP contribution in [0.2, 0.25) is 10.0 Å². The molecule has 0 bridgehead atoms. The Labute approximate surface area is 154 Å². The van der Waals surface area contributed by atoms with Gasteiger partial charge in [0.05, 0.1) is 35.6 Å². The van der Waals surface area contributed by atoms with E-state index in [0.717, 1.165) is 33.5 Å². The molecule has 0 fully saturated rings. The molecule has 1 aliphatic carbocycles. The summed E-state index contributed by atoms with van der Waals surface area (Å²) < 4.78 is 10.8. The normalized spacial score (nSPS) is 11.2. The number of fused-ring (bicyclic) bond motifs is 3. The minimum absolute atomic E-state index is 0.478. The van der Waals surface area contributed by atoms with Crippen LogP contribution >= 0.6 is 23.2 Å². The van der Waals surface area contributed by atoms with E-state index >= 15 is 0 Å². The molecule has 0 amide bonds. The molecule has 1 aliphatic heterocycles. The summed E-state index contributed by atoms with van der Waals surface area (Å²) in [4.78, 5) is 0. The van der Waals surface area contributed by atoms with Crippen molar-refractivity contribution >= 4 is 45.5 Å². The SMILES string of the molecule is COc1cc2cc3c(Nc4cccc(Cl)c4Cl)[nH][nH]c-3c2cc1OC. The summed E-state index contributed by atoms with van der Waals surface area (Å²) in [7, 11) is 3.25. The molecule has 2 aromatic rings. The lowest BCUT2D eigenvalue weighted by molar-refractivity contribution is 0.356. The molecule has 0 atom stereocenters. The quantitative estimate of drug-likeness (QED) is 0.430. The highest BCUT2D eigenvalue weighted by Crippen LogP contribution is 2.43. The number of anilines is 2. The number of benzene rings is 2. The molecule has 0 radical (unpaired) electrons. The zero-order chi connectivity index (χ0) is 17.6. The Morgan fingerprint density at radius 1 is 0.960 bits per heavy atom. The molecule has 3 N–H and O–H groups in total. The fourth-order valence-electron chi connectivity index (χ4n) is 2.96. The Balaban J connectivity index is 1.81. The van der Waals surface area contributed by atoms with Gasteiger partial charge in [-0.1, -0.05) is 29.3 Å². The molecule has 1 heterocycles. The van der Waals surface area contributed by atoms with Gasteiger partial charge in [-0.05, 0) is 35.7 Å². The number of nitrogens with one attached hydrogen (secondary N) is 3. The zero-order valence-corrected chi connectivity index (χ0v) is 15.0. The second-order valence-electron chi connectivity index (χ2n) is 5.58. The van der Waals surface area contributed by atoms with E-state index < -0.39 is 0 Å². The van der Waals surface area contributed by atoms with Crippen LogP contribution in [0.15, 0.2) is 36.4 Å². The molecule has 7 heteroatoms.